The molecule has 13 heavy (non-hydrogen) atoms. The molecule has 0 saturated carbocycles. The van der Waals surface area contributed by atoms with Crippen molar-refractivity contribution in [3.63, 3.8) is 0 Å². The summed E-state index contributed by atoms with van der Waals surface area (Å²) in [5, 5.41) is 0. The maximum atomic E-state index is 10.8. The largest absolute Gasteiger partial charge is 0.465 e. The van der Waals surface area contributed by atoms with E-state index in [1.54, 1.807) is 30.3 Å². The molecule has 0 aliphatic rings. The average molecular weight is 178 g/mol. The minimum Gasteiger partial charge on any atom is -0.465 e. The van der Waals surface area contributed by atoms with E-state index in [1.165, 1.54) is 7.11 Å². The first kappa shape index (κ1) is 11.4. The Kier molecular flexibility index (Phi) is 6.24. The van der Waals surface area contributed by atoms with Crippen LogP contribution in [0.1, 0.15) is 17.3 Å². The molecule has 0 unspecified atom stereocenters. The molecule has 1 aromatic carbocycles. The van der Waals surface area contributed by atoms with Crippen molar-refractivity contribution in [2.75, 3.05) is 7.11 Å². The summed E-state index contributed by atoms with van der Waals surface area (Å²) in [6, 6.07) is 8.88. The summed E-state index contributed by atoms with van der Waals surface area (Å²) in [6.07, 6.45) is 1.75. The highest BCUT2D eigenvalue weighted by atomic mass is 16.5. The summed E-state index contributed by atoms with van der Waals surface area (Å²) in [6.45, 7) is 5.25. The van der Waals surface area contributed by atoms with E-state index in [2.05, 4.69) is 11.3 Å². The third-order valence-corrected chi connectivity index (χ3v) is 1.19. The smallest absolute Gasteiger partial charge is 0.337 e. The number of allylic oxidation sites excluding steroid dienone is 1. The topological polar surface area (TPSA) is 26.3 Å². The van der Waals surface area contributed by atoms with Crippen LogP contribution in [0.2, 0.25) is 0 Å². The summed E-state index contributed by atoms with van der Waals surface area (Å²) < 4.78 is 4.50. The van der Waals surface area contributed by atoms with Gasteiger partial charge in [0.1, 0.15) is 0 Å². The van der Waals surface area contributed by atoms with Crippen LogP contribution < -0.4 is 0 Å². The Morgan fingerprint density at radius 1 is 1.38 bits per heavy atom. The van der Waals surface area contributed by atoms with Crippen LogP contribution in [0.15, 0.2) is 43.0 Å². The van der Waals surface area contributed by atoms with Gasteiger partial charge in [-0.15, -0.1) is 6.58 Å². The van der Waals surface area contributed by atoms with E-state index in [0.717, 1.165) is 0 Å². The van der Waals surface area contributed by atoms with Crippen molar-refractivity contribution >= 4 is 5.97 Å². The average Bonchev–Trinajstić information content (AvgIpc) is 2.19. The van der Waals surface area contributed by atoms with Crippen molar-refractivity contribution in [3.05, 3.63) is 48.6 Å². The number of esters is 1. The number of carbonyl (C=O) groups is 1. The van der Waals surface area contributed by atoms with Crippen LogP contribution in [0, 0.1) is 0 Å². The highest BCUT2D eigenvalue weighted by Gasteiger charge is 2.00. The van der Waals surface area contributed by atoms with Crippen LogP contribution in [0.5, 0.6) is 0 Å². The zero-order valence-electron chi connectivity index (χ0n) is 7.99. The highest BCUT2D eigenvalue weighted by molar-refractivity contribution is 5.89. The van der Waals surface area contributed by atoms with Crippen molar-refractivity contribution < 1.29 is 9.53 Å². The number of hydrogen-bond donors (Lipinski definition) is 0. The molecule has 0 radical (unpaired) electrons. The first-order chi connectivity index (χ1) is 6.26. The first-order valence-electron chi connectivity index (χ1n) is 3.96. The first-order valence-corrected chi connectivity index (χ1v) is 3.96. The lowest BCUT2D eigenvalue weighted by molar-refractivity contribution is 0.0601. The van der Waals surface area contributed by atoms with E-state index in [0.29, 0.717) is 5.56 Å². The lowest BCUT2D eigenvalue weighted by atomic mass is 10.2. The van der Waals surface area contributed by atoms with Gasteiger partial charge in [0.25, 0.3) is 0 Å². The Morgan fingerprint density at radius 2 is 1.85 bits per heavy atom. The van der Waals surface area contributed by atoms with Gasteiger partial charge in [-0.3, -0.25) is 0 Å². The van der Waals surface area contributed by atoms with Gasteiger partial charge in [0.05, 0.1) is 12.7 Å². The van der Waals surface area contributed by atoms with Crippen LogP contribution in [0.25, 0.3) is 0 Å². The predicted molar refractivity (Wildman–Crippen MR) is 53.7 cm³/mol. The van der Waals surface area contributed by atoms with Crippen LogP contribution in [-0.2, 0) is 4.74 Å². The molecule has 2 nitrogen and oxygen atoms in total. The molecule has 0 atom stereocenters. The molecule has 1 rings (SSSR count). The van der Waals surface area contributed by atoms with Gasteiger partial charge in [0.15, 0.2) is 0 Å². The Bertz CT molecular complexity index is 252. The normalized spacial score (nSPS) is 7.85. The standard InChI is InChI=1S/C8H8O2.C3H6/c1-10-8(9)7-5-3-2-4-6-7;1-3-2/h2-6H,1H3;3H,1H2,2H3. The predicted octanol–water partition coefficient (Wildman–Crippen LogP) is 2.67. The molecule has 0 bridgehead atoms. The fraction of sp³-hybridized carbons (Fsp3) is 0.182. The summed E-state index contributed by atoms with van der Waals surface area (Å²) in [4.78, 5) is 10.8. The van der Waals surface area contributed by atoms with E-state index in [1.807, 2.05) is 13.0 Å². The van der Waals surface area contributed by atoms with Crippen molar-refractivity contribution in [1.29, 1.82) is 0 Å². The van der Waals surface area contributed by atoms with E-state index in [9.17, 15) is 4.79 Å². The van der Waals surface area contributed by atoms with E-state index in [4.69, 9.17) is 0 Å². The molecule has 1 aromatic rings. The summed E-state index contributed by atoms with van der Waals surface area (Å²) >= 11 is 0. The number of benzene rings is 1. The fourth-order valence-corrected chi connectivity index (χ4v) is 0.692. The molecule has 0 aliphatic carbocycles. The highest BCUT2D eigenvalue weighted by Crippen LogP contribution is 1.98. The minimum atomic E-state index is -0.291. The van der Waals surface area contributed by atoms with Gasteiger partial charge in [-0.1, -0.05) is 24.3 Å². The molecule has 70 valence electrons. The maximum Gasteiger partial charge on any atom is 0.337 e. The lowest BCUT2D eigenvalue weighted by Gasteiger charge is -1.95. The summed E-state index contributed by atoms with van der Waals surface area (Å²) in [5.41, 5.74) is 0.588. The van der Waals surface area contributed by atoms with Gasteiger partial charge >= 0.3 is 5.97 Å². The molecule has 0 spiro atoms. The Morgan fingerprint density at radius 3 is 2.23 bits per heavy atom. The number of rotatable bonds is 1. The Hall–Kier alpha value is -1.57. The Balaban J connectivity index is 0.000000424. The second-order valence-electron chi connectivity index (χ2n) is 2.27. The number of ether oxygens (including phenoxy) is 1. The Labute approximate surface area is 78.8 Å². The molecule has 0 aliphatic heterocycles. The van der Waals surface area contributed by atoms with E-state index >= 15 is 0 Å². The fourth-order valence-electron chi connectivity index (χ4n) is 0.692. The second kappa shape index (κ2) is 7.10. The number of methoxy groups -OCH3 is 1. The van der Waals surface area contributed by atoms with Crippen LogP contribution in [0.4, 0.5) is 0 Å². The molecule has 0 saturated heterocycles. The van der Waals surface area contributed by atoms with Gasteiger partial charge in [-0.2, -0.15) is 0 Å². The van der Waals surface area contributed by atoms with Crippen LogP contribution in [-0.4, -0.2) is 13.1 Å². The lowest BCUT2D eigenvalue weighted by Crippen LogP contribution is -1.99. The van der Waals surface area contributed by atoms with Crippen molar-refractivity contribution in [3.8, 4) is 0 Å². The minimum absolute atomic E-state index is 0.291. The van der Waals surface area contributed by atoms with Gasteiger partial charge in [0, 0.05) is 0 Å². The van der Waals surface area contributed by atoms with Gasteiger partial charge < -0.3 is 4.74 Å². The van der Waals surface area contributed by atoms with E-state index in [-0.39, 0.29) is 5.97 Å². The molecule has 0 amide bonds. The molecule has 0 fully saturated rings. The number of hydrogen-bond acceptors (Lipinski definition) is 2. The molecule has 0 heterocycles. The monoisotopic (exact) mass is 178 g/mol. The molecule has 0 aromatic heterocycles. The van der Waals surface area contributed by atoms with Crippen molar-refractivity contribution in [1.82, 2.24) is 0 Å². The zero-order valence-corrected chi connectivity index (χ0v) is 7.99. The summed E-state index contributed by atoms with van der Waals surface area (Å²) in [5.74, 6) is -0.291. The van der Waals surface area contributed by atoms with Gasteiger partial charge in [-0.25, -0.2) is 4.79 Å². The van der Waals surface area contributed by atoms with Gasteiger partial charge in [-0.05, 0) is 19.1 Å². The molecule has 2 heteroatoms. The third-order valence-electron chi connectivity index (χ3n) is 1.19. The molecule has 0 N–H and O–H groups in total. The second-order valence-corrected chi connectivity index (χ2v) is 2.27. The zero-order chi connectivity index (χ0) is 10.1. The van der Waals surface area contributed by atoms with Gasteiger partial charge in [0.2, 0.25) is 0 Å². The SMILES string of the molecule is C=CC.COC(=O)c1ccccc1. The van der Waals surface area contributed by atoms with Crippen molar-refractivity contribution in [2.45, 2.75) is 6.92 Å². The maximum absolute atomic E-state index is 10.8. The molecular weight excluding hydrogens is 164 g/mol. The quantitative estimate of drug-likeness (QED) is 0.488. The van der Waals surface area contributed by atoms with Crippen LogP contribution in [0.3, 0.4) is 0 Å². The van der Waals surface area contributed by atoms with Crippen LogP contribution >= 0.6 is 0 Å². The third kappa shape index (κ3) is 4.80. The van der Waals surface area contributed by atoms with Crippen molar-refractivity contribution in [2.24, 2.45) is 0 Å². The molecular formula is C11H14O2. The van der Waals surface area contributed by atoms with E-state index < -0.39 is 0 Å². The summed E-state index contributed by atoms with van der Waals surface area (Å²) in [7, 11) is 1.37. The number of carbonyl (C=O) groups excluding carboxylic acids is 1.